The molecule has 1 aromatic rings. The van der Waals surface area contributed by atoms with Gasteiger partial charge in [0.2, 0.25) is 0 Å². The van der Waals surface area contributed by atoms with Gasteiger partial charge in [0.05, 0.1) is 5.41 Å². The van der Waals surface area contributed by atoms with Crippen molar-refractivity contribution in [2.75, 3.05) is 13.1 Å². The number of carbonyl (C=O) groups is 1. The summed E-state index contributed by atoms with van der Waals surface area (Å²) in [6.45, 7) is 4.48. The minimum Gasteiger partial charge on any atom is -0.481 e. The molecule has 0 aromatic heterocycles. The second-order valence-corrected chi connectivity index (χ2v) is 4.99. The van der Waals surface area contributed by atoms with E-state index in [2.05, 4.69) is 5.32 Å². The normalized spacial score (nSPS) is 12.0. The molecule has 2 N–H and O–H groups in total. The van der Waals surface area contributed by atoms with E-state index in [1.807, 2.05) is 13.8 Å². The van der Waals surface area contributed by atoms with Crippen LogP contribution in [0.15, 0.2) is 24.3 Å². The maximum Gasteiger partial charge on any atom is 0.310 e. The minimum atomic E-state index is -0.812. The number of halogens is 2. The molecular formula is C16H21F2NO2. The van der Waals surface area contributed by atoms with Crippen molar-refractivity contribution in [3.8, 4) is 0 Å². The van der Waals surface area contributed by atoms with E-state index in [-0.39, 0.29) is 0 Å². The van der Waals surface area contributed by atoms with Crippen molar-refractivity contribution in [1.82, 2.24) is 5.32 Å². The van der Waals surface area contributed by atoms with Crippen LogP contribution in [0, 0.1) is 17.0 Å². The van der Waals surface area contributed by atoms with Crippen LogP contribution in [0.4, 0.5) is 8.78 Å². The highest BCUT2D eigenvalue weighted by atomic mass is 19.1. The second-order valence-electron chi connectivity index (χ2n) is 4.99. The van der Waals surface area contributed by atoms with Gasteiger partial charge in [-0.2, -0.15) is 0 Å². The van der Waals surface area contributed by atoms with Crippen molar-refractivity contribution >= 4 is 12.0 Å². The van der Waals surface area contributed by atoms with Crippen LogP contribution in [-0.2, 0) is 4.79 Å². The molecule has 0 bridgehead atoms. The zero-order valence-electron chi connectivity index (χ0n) is 12.3. The summed E-state index contributed by atoms with van der Waals surface area (Å²) in [6, 6.07) is 3.39. The van der Waals surface area contributed by atoms with Crippen LogP contribution in [0.5, 0.6) is 0 Å². The largest absolute Gasteiger partial charge is 0.481 e. The van der Waals surface area contributed by atoms with Gasteiger partial charge in [0.1, 0.15) is 11.6 Å². The Morgan fingerprint density at radius 1 is 1.33 bits per heavy atom. The average molecular weight is 297 g/mol. The quantitative estimate of drug-likeness (QED) is 0.722. The van der Waals surface area contributed by atoms with Gasteiger partial charge in [0.15, 0.2) is 0 Å². The van der Waals surface area contributed by atoms with E-state index in [1.54, 1.807) is 12.2 Å². The van der Waals surface area contributed by atoms with Gasteiger partial charge in [0.25, 0.3) is 0 Å². The fourth-order valence-corrected chi connectivity index (χ4v) is 2.10. The molecule has 0 spiro atoms. The first-order valence-electron chi connectivity index (χ1n) is 7.01. The minimum absolute atomic E-state index is 0.300. The Morgan fingerprint density at radius 3 is 2.52 bits per heavy atom. The van der Waals surface area contributed by atoms with E-state index >= 15 is 0 Å². The lowest BCUT2D eigenvalue weighted by Crippen LogP contribution is -2.40. The Kier molecular flexibility index (Phi) is 6.49. The van der Waals surface area contributed by atoms with Crippen LogP contribution in [0.2, 0.25) is 0 Å². The van der Waals surface area contributed by atoms with Gasteiger partial charge in [-0.05, 0) is 25.0 Å². The highest BCUT2D eigenvalue weighted by Crippen LogP contribution is 2.25. The number of hydrogen-bond acceptors (Lipinski definition) is 2. The second kappa shape index (κ2) is 7.88. The first kappa shape index (κ1) is 17.3. The molecule has 3 nitrogen and oxygen atoms in total. The third-order valence-corrected chi connectivity index (χ3v) is 3.79. The number of rotatable bonds is 8. The van der Waals surface area contributed by atoms with Crippen LogP contribution in [0.3, 0.4) is 0 Å². The molecule has 0 amide bonds. The SMILES string of the molecule is CCC(CC)(CNC/C=C/c1ccc(F)cc1F)C(=O)O. The number of benzene rings is 1. The fraction of sp³-hybridized carbons (Fsp3) is 0.438. The molecule has 0 aliphatic heterocycles. The van der Waals surface area contributed by atoms with E-state index < -0.39 is 23.0 Å². The predicted octanol–water partition coefficient (Wildman–Crippen LogP) is 3.46. The zero-order valence-corrected chi connectivity index (χ0v) is 12.3. The molecule has 1 rings (SSSR count). The Labute approximate surface area is 123 Å². The highest BCUT2D eigenvalue weighted by Gasteiger charge is 2.33. The van der Waals surface area contributed by atoms with Crippen LogP contribution in [-0.4, -0.2) is 24.2 Å². The first-order chi connectivity index (χ1) is 9.95. The molecule has 0 unspecified atom stereocenters. The van der Waals surface area contributed by atoms with Crippen molar-refractivity contribution in [2.24, 2.45) is 5.41 Å². The van der Waals surface area contributed by atoms with Crippen molar-refractivity contribution < 1.29 is 18.7 Å². The van der Waals surface area contributed by atoms with Crippen molar-refractivity contribution in [2.45, 2.75) is 26.7 Å². The molecule has 0 aliphatic carbocycles. The maximum absolute atomic E-state index is 13.4. The fourth-order valence-electron chi connectivity index (χ4n) is 2.10. The first-order valence-corrected chi connectivity index (χ1v) is 7.01. The maximum atomic E-state index is 13.4. The Bertz CT molecular complexity index is 511. The van der Waals surface area contributed by atoms with Crippen LogP contribution in [0.1, 0.15) is 32.3 Å². The third kappa shape index (κ3) is 4.63. The Morgan fingerprint density at radius 2 is 2.00 bits per heavy atom. The molecule has 0 saturated heterocycles. The highest BCUT2D eigenvalue weighted by molar-refractivity contribution is 5.74. The molecule has 0 fully saturated rings. The van der Waals surface area contributed by atoms with Crippen LogP contribution in [0.25, 0.3) is 6.08 Å². The molecule has 0 atom stereocenters. The summed E-state index contributed by atoms with van der Waals surface area (Å²) in [6.07, 6.45) is 4.32. The average Bonchev–Trinajstić information content (AvgIpc) is 2.45. The number of aliphatic carboxylic acids is 1. The zero-order chi connectivity index (χ0) is 15.9. The van der Waals surface area contributed by atoms with E-state index in [0.717, 1.165) is 6.07 Å². The van der Waals surface area contributed by atoms with Gasteiger partial charge in [-0.1, -0.05) is 26.0 Å². The van der Waals surface area contributed by atoms with Crippen molar-refractivity contribution in [1.29, 1.82) is 0 Å². The lowest BCUT2D eigenvalue weighted by molar-refractivity contribution is -0.149. The molecule has 0 saturated carbocycles. The molecule has 21 heavy (non-hydrogen) atoms. The van der Waals surface area contributed by atoms with Gasteiger partial charge in [-0.3, -0.25) is 4.79 Å². The van der Waals surface area contributed by atoms with E-state index in [4.69, 9.17) is 0 Å². The third-order valence-electron chi connectivity index (χ3n) is 3.79. The lowest BCUT2D eigenvalue weighted by atomic mass is 9.82. The molecule has 0 aliphatic rings. The molecule has 5 heteroatoms. The smallest absolute Gasteiger partial charge is 0.310 e. The summed E-state index contributed by atoms with van der Waals surface area (Å²) >= 11 is 0. The van der Waals surface area contributed by atoms with Gasteiger partial charge in [0, 0.05) is 24.7 Å². The Hall–Kier alpha value is -1.75. The Balaban J connectivity index is 2.53. The molecule has 116 valence electrons. The van der Waals surface area contributed by atoms with Crippen molar-refractivity contribution in [3.05, 3.63) is 41.5 Å². The van der Waals surface area contributed by atoms with E-state index in [9.17, 15) is 18.7 Å². The summed E-state index contributed by atoms with van der Waals surface area (Å²) in [7, 11) is 0. The van der Waals surface area contributed by atoms with E-state index in [1.165, 1.54) is 12.1 Å². The number of carboxylic acid groups (broad SMARTS) is 1. The van der Waals surface area contributed by atoms with Crippen molar-refractivity contribution in [3.63, 3.8) is 0 Å². The molecule has 0 heterocycles. The number of hydrogen-bond donors (Lipinski definition) is 2. The molecule has 0 radical (unpaired) electrons. The monoisotopic (exact) mass is 297 g/mol. The van der Waals surface area contributed by atoms with Gasteiger partial charge in [-0.15, -0.1) is 0 Å². The van der Waals surface area contributed by atoms with Gasteiger partial charge in [-0.25, -0.2) is 8.78 Å². The number of nitrogens with one attached hydrogen (secondary N) is 1. The standard InChI is InChI=1S/C16H21F2NO2/c1-3-16(4-2,15(20)21)11-19-9-5-6-12-7-8-13(17)10-14(12)18/h5-8,10,19H,3-4,9,11H2,1-2H3,(H,20,21)/b6-5+. The summed E-state index contributed by atoms with van der Waals surface area (Å²) < 4.78 is 26.1. The predicted molar refractivity (Wildman–Crippen MR) is 78.9 cm³/mol. The lowest BCUT2D eigenvalue weighted by Gasteiger charge is -2.26. The summed E-state index contributed by atoms with van der Waals surface area (Å²) in [4.78, 5) is 11.3. The molecular weight excluding hydrogens is 276 g/mol. The molecule has 1 aromatic carbocycles. The number of carboxylic acids is 1. The van der Waals surface area contributed by atoms with Gasteiger partial charge < -0.3 is 10.4 Å². The van der Waals surface area contributed by atoms with Crippen LogP contribution >= 0.6 is 0 Å². The van der Waals surface area contributed by atoms with Crippen LogP contribution < -0.4 is 5.32 Å². The summed E-state index contributed by atoms with van der Waals surface area (Å²) in [5.74, 6) is -2.04. The summed E-state index contributed by atoms with van der Waals surface area (Å²) in [5, 5.41) is 12.3. The van der Waals surface area contributed by atoms with E-state index in [0.29, 0.717) is 31.5 Å². The summed E-state index contributed by atoms with van der Waals surface area (Å²) in [5.41, 5.74) is -0.469. The van der Waals surface area contributed by atoms with Gasteiger partial charge >= 0.3 is 5.97 Å². The topological polar surface area (TPSA) is 49.3 Å².